The third-order valence-corrected chi connectivity index (χ3v) is 5.66. The minimum absolute atomic E-state index is 0.209. The van der Waals surface area contributed by atoms with Crippen LogP contribution in [0.3, 0.4) is 0 Å². The predicted octanol–water partition coefficient (Wildman–Crippen LogP) is 5.07. The standard InChI is InChI=1S/C18H28N2S/c1-4-6-15-8-9-16(12-19)18(11-15)20(14(2)3)13-17-7-5-10-21-17/h5,7,10,14-16,18H,4,6,8-9,11,13H2,1-3H3. The van der Waals surface area contributed by atoms with Crippen LogP contribution in [0.5, 0.6) is 0 Å². The molecule has 3 atom stereocenters. The number of hydrogen-bond donors (Lipinski definition) is 0. The van der Waals surface area contributed by atoms with Crippen molar-refractivity contribution >= 4 is 11.3 Å². The van der Waals surface area contributed by atoms with E-state index in [-0.39, 0.29) is 5.92 Å². The third-order valence-electron chi connectivity index (χ3n) is 4.80. The zero-order chi connectivity index (χ0) is 15.2. The highest BCUT2D eigenvalue weighted by Crippen LogP contribution is 2.36. The molecule has 0 aliphatic heterocycles. The van der Waals surface area contributed by atoms with Crippen LogP contribution in [-0.2, 0) is 6.54 Å². The van der Waals surface area contributed by atoms with E-state index in [4.69, 9.17) is 0 Å². The van der Waals surface area contributed by atoms with E-state index in [1.165, 1.54) is 30.6 Å². The Hall–Kier alpha value is -0.850. The molecule has 0 N–H and O–H groups in total. The van der Waals surface area contributed by atoms with Crippen molar-refractivity contribution in [3.8, 4) is 6.07 Å². The normalized spacial score (nSPS) is 26.2. The fourth-order valence-corrected chi connectivity index (χ4v) is 4.40. The second-order valence-corrected chi connectivity index (χ2v) is 7.65. The van der Waals surface area contributed by atoms with Crippen LogP contribution in [0.15, 0.2) is 17.5 Å². The maximum Gasteiger partial charge on any atom is 0.0672 e. The van der Waals surface area contributed by atoms with Gasteiger partial charge in [-0.05, 0) is 50.5 Å². The lowest BCUT2D eigenvalue weighted by atomic mass is 9.76. The van der Waals surface area contributed by atoms with Crippen molar-refractivity contribution in [2.75, 3.05) is 0 Å². The molecule has 1 aliphatic carbocycles. The molecule has 0 amide bonds. The summed E-state index contributed by atoms with van der Waals surface area (Å²) in [6.45, 7) is 7.81. The van der Waals surface area contributed by atoms with Crippen LogP contribution in [0.2, 0.25) is 0 Å². The molecule has 3 unspecified atom stereocenters. The van der Waals surface area contributed by atoms with Crippen molar-refractivity contribution in [3.05, 3.63) is 22.4 Å². The molecule has 1 aliphatic rings. The second-order valence-electron chi connectivity index (χ2n) is 6.62. The van der Waals surface area contributed by atoms with E-state index in [9.17, 15) is 5.26 Å². The number of hydrogen-bond acceptors (Lipinski definition) is 3. The molecule has 0 spiro atoms. The van der Waals surface area contributed by atoms with Gasteiger partial charge in [-0.1, -0.05) is 25.8 Å². The Morgan fingerprint density at radius 2 is 2.24 bits per heavy atom. The summed E-state index contributed by atoms with van der Waals surface area (Å²) in [6.07, 6.45) is 6.11. The minimum Gasteiger partial charge on any atom is -0.292 e. The first-order chi connectivity index (χ1) is 10.2. The predicted molar refractivity (Wildman–Crippen MR) is 90.1 cm³/mol. The molecule has 0 saturated heterocycles. The molecule has 116 valence electrons. The quantitative estimate of drug-likeness (QED) is 0.734. The molecule has 1 fully saturated rings. The summed E-state index contributed by atoms with van der Waals surface area (Å²) in [4.78, 5) is 3.99. The molecule has 1 heterocycles. The van der Waals surface area contributed by atoms with E-state index in [1.54, 1.807) is 0 Å². The summed E-state index contributed by atoms with van der Waals surface area (Å²) in [5, 5.41) is 11.7. The Morgan fingerprint density at radius 1 is 1.43 bits per heavy atom. The van der Waals surface area contributed by atoms with Gasteiger partial charge < -0.3 is 0 Å². The molecule has 1 aromatic rings. The Morgan fingerprint density at radius 3 is 2.81 bits per heavy atom. The summed E-state index contributed by atoms with van der Waals surface area (Å²) >= 11 is 1.83. The molecule has 1 aromatic heterocycles. The van der Waals surface area contributed by atoms with Crippen LogP contribution >= 0.6 is 11.3 Å². The highest BCUT2D eigenvalue weighted by atomic mass is 32.1. The van der Waals surface area contributed by atoms with Crippen molar-refractivity contribution < 1.29 is 0 Å². The number of thiophene rings is 1. The summed E-state index contributed by atoms with van der Waals surface area (Å²) in [7, 11) is 0. The summed E-state index contributed by atoms with van der Waals surface area (Å²) in [5.41, 5.74) is 0. The molecule has 2 nitrogen and oxygen atoms in total. The molecule has 3 heteroatoms. The van der Waals surface area contributed by atoms with Crippen LogP contribution < -0.4 is 0 Å². The van der Waals surface area contributed by atoms with Gasteiger partial charge in [0.05, 0.1) is 12.0 Å². The molecule has 0 bridgehead atoms. The number of rotatable bonds is 6. The third kappa shape index (κ3) is 4.31. The summed E-state index contributed by atoms with van der Waals surface area (Å²) in [5.74, 6) is 1.02. The van der Waals surface area contributed by atoms with Crippen LogP contribution in [0.1, 0.15) is 57.8 Å². The van der Waals surface area contributed by atoms with Crippen molar-refractivity contribution in [3.63, 3.8) is 0 Å². The van der Waals surface area contributed by atoms with E-state index in [0.29, 0.717) is 12.1 Å². The Bertz CT molecular complexity index is 446. The molecular weight excluding hydrogens is 276 g/mol. The van der Waals surface area contributed by atoms with Crippen molar-refractivity contribution in [2.45, 2.75) is 71.5 Å². The molecule has 0 aromatic carbocycles. The van der Waals surface area contributed by atoms with Crippen LogP contribution in [0.4, 0.5) is 0 Å². The monoisotopic (exact) mass is 304 g/mol. The van der Waals surface area contributed by atoms with E-state index in [0.717, 1.165) is 18.9 Å². The fraction of sp³-hybridized carbons (Fsp3) is 0.722. The summed E-state index contributed by atoms with van der Waals surface area (Å²) < 4.78 is 0. The number of nitriles is 1. The van der Waals surface area contributed by atoms with E-state index in [2.05, 4.69) is 49.3 Å². The van der Waals surface area contributed by atoms with Crippen LogP contribution in [0, 0.1) is 23.2 Å². The van der Waals surface area contributed by atoms with Gasteiger partial charge in [0.25, 0.3) is 0 Å². The summed E-state index contributed by atoms with van der Waals surface area (Å²) in [6, 6.07) is 7.86. The van der Waals surface area contributed by atoms with Gasteiger partial charge in [0, 0.05) is 23.5 Å². The molecular formula is C18H28N2S. The van der Waals surface area contributed by atoms with Crippen molar-refractivity contribution in [2.24, 2.45) is 11.8 Å². The van der Waals surface area contributed by atoms with E-state index >= 15 is 0 Å². The first-order valence-electron chi connectivity index (χ1n) is 8.33. The topological polar surface area (TPSA) is 27.0 Å². The maximum atomic E-state index is 9.56. The largest absolute Gasteiger partial charge is 0.292 e. The highest BCUT2D eigenvalue weighted by Gasteiger charge is 2.35. The van der Waals surface area contributed by atoms with Crippen molar-refractivity contribution in [1.29, 1.82) is 5.26 Å². The lowest BCUT2D eigenvalue weighted by molar-refractivity contribution is 0.0659. The van der Waals surface area contributed by atoms with E-state index < -0.39 is 0 Å². The Kier molecular flexibility index (Phi) is 6.26. The average molecular weight is 305 g/mol. The van der Waals surface area contributed by atoms with Gasteiger partial charge in [0.15, 0.2) is 0 Å². The van der Waals surface area contributed by atoms with Gasteiger partial charge in [0.2, 0.25) is 0 Å². The maximum absolute atomic E-state index is 9.56. The van der Waals surface area contributed by atoms with Gasteiger partial charge in [0.1, 0.15) is 0 Å². The molecule has 0 radical (unpaired) electrons. The Balaban J connectivity index is 2.12. The highest BCUT2D eigenvalue weighted by molar-refractivity contribution is 7.09. The first kappa shape index (κ1) is 16.5. The second kappa shape index (κ2) is 7.96. The van der Waals surface area contributed by atoms with Gasteiger partial charge in [-0.25, -0.2) is 0 Å². The Labute approximate surface area is 133 Å². The van der Waals surface area contributed by atoms with Gasteiger partial charge in [-0.3, -0.25) is 4.90 Å². The number of nitrogens with zero attached hydrogens (tertiary/aromatic N) is 2. The van der Waals surface area contributed by atoms with Crippen LogP contribution in [-0.4, -0.2) is 17.0 Å². The zero-order valence-electron chi connectivity index (χ0n) is 13.6. The minimum atomic E-state index is 0.209. The van der Waals surface area contributed by atoms with Crippen LogP contribution in [0.25, 0.3) is 0 Å². The lowest BCUT2D eigenvalue weighted by Crippen LogP contribution is -2.46. The molecule has 2 rings (SSSR count). The molecule has 1 saturated carbocycles. The fourth-order valence-electron chi connectivity index (χ4n) is 3.68. The first-order valence-corrected chi connectivity index (χ1v) is 9.21. The van der Waals surface area contributed by atoms with Gasteiger partial charge >= 0.3 is 0 Å². The van der Waals surface area contributed by atoms with Crippen molar-refractivity contribution in [1.82, 2.24) is 4.90 Å². The van der Waals surface area contributed by atoms with Gasteiger partial charge in [-0.15, -0.1) is 11.3 Å². The van der Waals surface area contributed by atoms with E-state index in [1.807, 2.05) is 11.3 Å². The lowest BCUT2D eigenvalue weighted by Gasteiger charge is -2.42. The average Bonchev–Trinajstić information content (AvgIpc) is 2.98. The smallest absolute Gasteiger partial charge is 0.0672 e. The molecule has 21 heavy (non-hydrogen) atoms. The zero-order valence-corrected chi connectivity index (χ0v) is 14.4. The van der Waals surface area contributed by atoms with Gasteiger partial charge in [-0.2, -0.15) is 5.26 Å². The SMILES string of the molecule is CCCC1CCC(C#N)C(N(Cc2cccs2)C(C)C)C1.